The molecule has 2 heterocycles. The van der Waals surface area contributed by atoms with E-state index in [1.807, 2.05) is 10.2 Å². The normalized spacial score (nSPS) is 12.8. The third-order valence-corrected chi connectivity index (χ3v) is 4.58. The molecule has 21 heavy (non-hydrogen) atoms. The Kier molecular flexibility index (Phi) is 6.21. The van der Waals surface area contributed by atoms with E-state index in [4.69, 9.17) is 11.6 Å². The summed E-state index contributed by atoms with van der Waals surface area (Å²) in [5.74, 6) is 0. The zero-order valence-electron chi connectivity index (χ0n) is 12.9. The molecule has 1 atom stereocenters. The lowest BCUT2D eigenvalue weighted by Gasteiger charge is -2.17. The van der Waals surface area contributed by atoms with Gasteiger partial charge in [-0.2, -0.15) is 5.10 Å². The van der Waals surface area contributed by atoms with E-state index in [1.54, 1.807) is 11.3 Å². The van der Waals surface area contributed by atoms with Crippen LogP contribution in [0.3, 0.4) is 0 Å². The monoisotopic (exact) mass is 326 g/mol. The molecule has 0 saturated carbocycles. The molecule has 116 valence electrons. The Labute approximate surface area is 135 Å². The fourth-order valence-electron chi connectivity index (χ4n) is 2.40. The average molecular weight is 327 g/mol. The topological polar surface area (TPSA) is 42.7 Å². The first-order valence-corrected chi connectivity index (χ1v) is 8.88. The summed E-state index contributed by atoms with van der Waals surface area (Å²) in [6.07, 6.45) is 2.79. The zero-order valence-corrected chi connectivity index (χ0v) is 14.5. The van der Waals surface area contributed by atoms with Crippen LogP contribution in [0.4, 0.5) is 0 Å². The standard InChI is InChI=1S/C15H23ClN4S/c1-4-7-17-12(13-9-21-10-18-13)8-14-15(16)11(5-2)19-20(14)6-3/h9-10,12,17H,4-8H2,1-3H3. The number of rotatable bonds is 8. The fraction of sp³-hybridized carbons (Fsp3) is 0.600. The summed E-state index contributed by atoms with van der Waals surface area (Å²) in [6, 6.07) is 0.195. The van der Waals surface area contributed by atoms with Crippen LogP contribution in [0.5, 0.6) is 0 Å². The van der Waals surface area contributed by atoms with Gasteiger partial charge in [-0.25, -0.2) is 4.98 Å². The van der Waals surface area contributed by atoms with E-state index >= 15 is 0 Å². The zero-order chi connectivity index (χ0) is 15.2. The Bertz CT molecular complexity index is 550. The van der Waals surface area contributed by atoms with Crippen LogP contribution in [0, 0.1) is 0 Å². The summed E-state index contributed by atoms with van der Waals surface area (Å²) in [6.45, 7) is 8.17. The highest BCUT2D eigenvalue weighted by molar-refractivity contribution is 7.07. The molecule has 0 aromatic carbocycles. The van der Waals surface area contributed by atoms with Gasteiger partial charge in [0.1, 0.15) is 0 Å². The lowest BCUT2D eigenvalue weighted by atomic mass is 10.1. The molecule has 4 nitrogen and oxygen atoms in total. The molecule has 1 N–H and O–H groups in total. The highest BCUT2D eigenvalue weighted by atomic mass is 35.5. The minimum Gasteiger partial charge on any atom is -0.308 e. The third-order valence-electron chi connectivity index (χ3n) is 3.54. The van der Waals surface area contributed by atoms with E-state index in [0.717, 1.165) is 54.5 Å². The van der Waals surface area contributed by atoms with Gasteiger partial charge in [-0.3, -0.25) is 4.68 Å². The van der Waals surface area contributed by atoms with Crippen molar-refractivity contribution in [3.05, 3.63) is 33.0 Å². The minimum absolute atomic E-state index is 0.195. The smallest absolute Gasteiger partial charge is 0.0850 e. The van der Waals surface area contributed by atoms with Crippen LogP contribution in [0.25, 0.3) is 0 Å². The molecule has 6 heteroatoms. The maximum atomic E-state index is 6.52. The number of aromatic nitrogens is 3. The molecule has 0 aliphatic heterocycles. The van der Waals surface area contributed by atoms with Crippen molar-refractivity contribution < 1.29 is 0 Å². The summed E-state index contributed by atoms with van der Waals surface area (Å²) < 4.78 is 2.02. The van der Waals surface area contributed by atoms with Crippen LogP contribution in [-0.2, 0) is 19.4 Å². The number of halogens is 1. The maximum absolute atomic E-state index is 6.52. The lowest BCUT2D eigenvalue weighted by Crippen LogP contribution is -2.25. The number of thiazole rings is 1. The van der Waals surface area contributed by atoms with Crippen molar-refractivity contribution in [3.8, 4) is 0 Å². The van der Waals surface area contributed by atoms with E-state index in [1.165, 1.54) is 0 Å². The van der Waals surface area contributed by atoms with Gasteiger partial charge in [-0.1, -0.05) is 25.4 Å². The molecule has 0 aliphatic carbocycles. The lowest BCUT2D eigenvalue weighted by molar-refractivity contribution is 0.495. The molecule has 0 aliphatic rings. The summed E-state index contributed by atoms with van der Waals surface area (Å²) in [5.41, 5.74) is 5.07. The van der Waals surface area contributed by atoms with Crippen LogP contribution < -0.4 is 5.32 Å². The molecule has 0 bridgehead atoms. The summed E-state index contributed by atoms with van der Waals surface area (Å²) in [4.78, 5) is 4.46. The SMILES string of the molecule is CCCNC(Cc1c(Cl)c(CC)nn1CC)c1cscn1. The van der Waals surface area contributed by atoms with Crippen LogP contribution in [0.15, 0.2) is 10.9 Å². The number of hydrogen-bond donors (Lipinski definition) is 1. The second-order valence-electron chi connectivity index (χ2n) is 5.00. The molecule has 2 aromatic heterocycles. The molecular formula is C15H23ClN4S. The van der Waals surface area contributed by atoms with E-state index in [0.29, 0.717) is 0 Å². The Hall–Kier alpha value is -0.910. The average Bonchev–Trinajstić information content (AvgIpc) is 3.12. The first-order valence-electron chi connectivity index (χ1n) is 7.56. The molecule has 2 aromatic rings. The van der Waals surface area contributed by atoms with Gasteiger partial charge in [-0.05, 0) is 26.3 Å². The molecule has 0 spiro atoms. The molecule has 0 radical (unpaired) electrons. The number of hydrogen-bond acceptors (Lipinski definition) is 4. The van der Waals surface area contributed by atoms with Crippen molar-refractivity contribution >= 4 is 22.9 Å². The molecule has 0 amide bonds. The third kappa shape index (κ3) is 3.84. The number of nitrogens with one attached hydrogen (secondary N) is 1. The van der Waals surface area contributed by atoms with E-state index in [-0.39, 0.29) is 6.04 Å². The van der Waals surface area contributed by atoms with Crippen molar-refractivity contribution in [2.24, 2.45) is 0 Å². The number of aryl methyl sites for hydroxylation is 2. The first kappa shape index (κ1) is 16.5. The van der Waals surface area contributed by atoms with Gasteiger partial charge in [-0.15, -0.1) is 11.3 Å². The maximum Gasteiger partial charge on any atom is 0.0850 e. The van der Waals surface area contributed by atoms with Crippen LogP contribution in [-0.4, -0.2) is 21.3 Å². The van der Waals surface area contributed by atoms with Gasteiger partial charge in [0.15, 0.2) is 0 Å². The Morgan fingerprint density at radius 2 is 2.19 bits per heavy atom. The number of nitrogens with zero attached hydrogens (tertiary/aromatic N) is 3. The molecular weight excluding hydrogens is 304 g/mol. The van der Waals surface area contributed by atoms with Gasteiger partial charge in [0.25, 0.3) is 0 Å². The van der Waals surface area contributed by atoms with Crippen molar-refractivity contribution in [2.75, 3.05) is 6.54 Å². The van der Waals surface area contributed by atoms with Gasteiger partial charge in [0.2, 0.25) is 0 Å². The minimum atomic E-state index is 0.195. The largest absolute Gasteiger partial charge is 0.308 e. The predicted molar refractivity (Wildman–Crippen MR) is 89.1 cm³/mol. The molecule has 1 unspecified atom stereocenters. The highest BCUT2D eigenvalue weighted by Crippen LogP contribution is 2.27. The van der Waals surface area contributed by atoms with Crippen molar-refractivity contribution in [1.29, 1.82) is 0 Å². The van der Waals surface area contributed by atoms with Crippen molar-refractivity contribution in [2.45, 2.75) is 52.6 Å². The summed E-state index contributed by atoms with van der Waals surface area (Å²) in [5, 5.41) is 11.1. The molecule has 0 saturated heterocycles. The summed E-state index contributed by atoms with van der Waals surface area (Å²) >= 11 is 8.15. The molecule has 2 rings (SSSR count). The van der Waals surface area contributed by atoms with Crippen molar-refractivity contribution in [1.82, 2.24) is 20.1 Å². The van der Waals surface area contributed by atoms with Crippen molar-refractivity contribution in [3.63, 3.8) is 0 Å². The van der Waals surface area contributed by atoms with E-state index in [9.17, 15) is 0 Å². The predicted octanol–water partition coefficient (Wildman–Crippen LogP) is 3.86. The fourth-order valence-corrected chi connectivity index (χ4v) is 3.35. The van der Waals surface area contributed by atoms with Gasteiger partial charge in [0.05, 0.1) is 33.7 Å². The Morgan fingerprint density at radius 3 is 2.76 bits per heavy atom. The van der Waals surface area contributed by atoms with E-state index in [2.05, 4.69) is 41.6 Å². The highest BCUT2D eigenvalue weighted by Gasteiger charge is 2.20. The quantitative estimate of drug-likeness (QED) is 0.801. The van der Waals surface area contributed by atoms with Gasteiger partial charge < -0.3 is 5.32 Å². The van der Waals surface area contributed by atoms with Crippen LogP contribution >= 0.6 is 22.9 Å². The first-order chi connectivity index (χ1) is 10.2. The Balaban J connectivity index is 2.25. The second-order valence-corrected chi connectivity index (χ2v) is 6.10. The van der Waals surface area contributed by atoms with Crippen LogP contribution in [0.2, 0.25) is 5.02 Å². The van der Waals surface area contributed by atoms with Gasteiger partial charge in [0, 0.05) is 18.3 Å². The summed E-state index contributed by atoms with van der Waals surface area (Å²) in [7, 11) is 0. The Morgan fingerprint density at radius 1 is 1.38 bits per heavy atom. The van der Waals surface area contributed by atoms with Crippen LogP contribution in [0.1, 0.15) is 50.3 Å². The second kappa shape index (κ2) is 7.92. The molecule has 0 fully saturated rings. The van der Waals surface area contributed by atoms with Gasteiger partial charge >= 0.3 is 0 Å². The van der Waals surface area contributed by atoms with E-state index < -0.39 is 0 Å².